The summed E-state index contributed by atoms with van der Waals surface area (Å²) in [5.74, 6) is 1.00. The molecule has 0 aliphatic rings. The van der Waals surface area contributed by atoms with Crippen LogP contribution in [-0.2, 0) is 4.79 Å². The SMILES string of the molecule is CS[C@H](C)C(=O)Nc1cccnc1Oc1ccccc1. The number of aromatic nitrogens is 1. The van der Waals surface area contributed by atoms with Gasteiger partial charge in [-0.15, -0.1) is 0 Å². The zero-order chi connectivity index (χ0) is 14.4. The van der Waals surface area contributed by atoms with Crippen LogP contribution in [0.5, 0.6) is 11.6 Å². The van der Waals surface area contributed by atoms with Crippen molar-refractivity contribution < 1.29 is 9.53 Å². The first kappa shape index (κ1) is 14.4. The van der Waals surface area contributed by atoms with Gasteiger partial charge in [0.15, 0.2) is 0 Å². The molecule has 1 aromatic heterocycles. The summed E-state index contributed by atoms with van der Waals surface area (Å²) >= 11 is 1.49. The molecule has 1 aromatic carbocycles. The van der Waals surface area contributed by atoms with E-state index in [4.69, 9.17) is 4.74 Å². The molecule has 0 fully saturated rings. The Balaban J connectivity index is 2.16. The van der Waals surface area contributed by atoms with Crippen molar-refractivity contribution in [2.45, 2.75) is 12.2 Å². The van der Waals surface area contributed by atoms with Gasteiger partial charge in [0.1, 0.15) is 11.4 Å². The van der Waals surface area contributed by atoms with E-state index in [9.17, 15) is 4.79 Å². The molecule has 1 N–H and O–H groups in total. The second-order valence-electron chi connectivity index (χ2n) is 4.14. The summed E-state index contributed by atoms with van der Waals surface area (Å²) < 4.78 is 5.69. The van der Waals surface area contributed by atoms with Crippen LogP contribution in [0.2, 0.25) is 0 Å². The van der Waals surface area contributed by atoms with Gasteiger partial charge in [-0.1, -0.05) is 18.2 Å². The number of carbonyl (C=O) groups excluding carboxylic acids is 1. The molecule has 0 spiro atoms. The zero-order valence-electron chi connectivity index (χ0n) is 11.4. The van der Waals surface area contributed by atoms with Crippen molar-refractivity contribution in [3.63, 3.8) is 0 Å². The van der Waals surface area contributed by atoms with Gasteiger partial charge >= 0.3 is 0 Å². The Morgan fingerprint density at radius 1 is 1.25 bits per heavy atom. The second kappa shape index (κ2) is 6.96. The lowest BCUT2D eigenvalue weighted by atomic mass is 10.3. The average Bonchev–Trinajstić information content (AvgIpc) is 2.49. The molecule has 0 aliphatic carbocycles. The topological polar surface area (TPSA) is 51.2 Å². The number of pyridine rings is 1. The van der Waals surface area contributed by atoms with E-state index in [-0.39, 0.29) is 11.2 Å². The van der Waals surface area contributed by atoms with Crippen molar-refractivity contribution in [3.05, 3.63) is 48.7 Å². The van der Waals surface area contributed by atoms with Crippen molar-refractivity contribution >= 4 is 23.4 Å². The van der Waals surface area contributed by atoms with Crippen LogP contribution in [0, 0.1) is 0 Å². The highest BCUT2D eigenvalue weighted by atomic mass is 32.2. The van der Waals surface area contributed by atoms with Crippen molar-refractivity contribution in [3.8, 4) is 11.6 Å². The van der Waals surface area contributed by atoms with Gasteiger partial charge in [-0.2, -0.15) is 11.8 Å². The first-order valence-corrected chi connectivity index (χ1v) is 7.51. The molecular weight excluding hydrogens is 272 g/mol. The van der Waals surface area contributed by atoms with E-state index in [2.05, 4.69) is 10.3 Å². The largest absolute Gasteiger partial charge is 0.437 e. The molecule has 2 aromatic rings. The third kappa shape index (κ3) is 3.74. The van der Waals surface area contributed by atoms with E-state index >= 15 is 0 Å². The molecule has 4 nitrogen and oxygen atoms in total. The number of hydrogen-bond acceptors (Lipinski definition) is 4. The molecule has 2 rings (SSSR count). The zero-order valence-corrected chi connectivity index (χ0v) is 12.2. The third-order valence-electron chi connectivity index (χ3n) is 2.71. The number of ether oxygens (including phenoxy) is 1. The molecule has 104 valence electrons. The number of nitrogens with one attached hydrogen (secondary N) is 1. The van der Waals surface area contributed by atoms with Crippen LogP contribution in [0.1, 0.15) is 6.92 Å². The second-order valence-corrected chi connectivity index (χ2v) is 5.32. The molecule has 0 aliphatic heterocycles. The summed E-state index contributed by atoms with van der Waals surface area (Å²) in [6, 6.07) is 12.9. The fraction of sp³-hybridized carbons (Fsp3) is 0.200. The molecule has 5 heteroatoms. The molecule has 0 radical (unpaired) electrons. The maximum Gasteiger partial charge on any atom is 0.243 e. The lowest BCUT2D eigenvalue weighted by Crippen LogP contribution is -2.22. The molecule has 20 heavy (non-hydrogen) atoms. The number of anilines is 1. The van der Waals surface area contributed by atoms with Gasteiger partial charge in [-0.05, 0) is 37.4 Å². The molecule has 1 amide bonds. The maximum atomic E-state index is 11.9. The highest BCUT2D eigenvalue weighted by Gasteiger charge is 2.14. The Labute approximate surface area is 122 Å². The fourth-order valence-corrected chi connectivity index (χ4v) is 1.78. The van der Waals surface area contributed by atoms with Crippen LogP contribution in [0.25, 0.3) is 0 Å². The Hall–Kier alpha value is -2.01. The first-order chi connectivity index (χ1) is 9.70. The van der Waals surface area contributed by atoms with Gasteiger partial charge in [0.05, 0.1) is 5.25 Å². The molecular formula is C15H16N2O2S. The average molecular weight is 288 g/mol. The Bertz CT molecular complexity index is 575. The number of para-hydroxylation sites is 1. The van der Waals surface area contributed by atoms with Gasteiger partial charge in [-0.3, -0.25) is 4.79 Å². The molecule has 0 unspecified atom stereocenters. The first-order valence-electron chi connectivity index (χ1n) is 6.22. The van der Waals surface area contributed by atoms with Crippen molar-refractivity contribution in [1.29, 1.82) is 0 Å². The minimum atomic E-state index is -0.125. The molecule has 1 atom stereocenters. The van der Waals surface area contributed by atoms with Gasteiger partial charge in [-0.25, -0.2) is 4.98 Å². The van der Waals surface area contributed by atoms with E-state index in [1.807, 2.05) is 43.5 Å². The summed E-state index contributed by atoms with van der Waals surface area (Å²) in [5, 5.41) is 2.71. The lowest BCUT2D eigenvalue weighted by Gasteiger charge is -2.13. The molecule has 0 bridgehead atoms. The predicted molar refractivity (Wildman–Crippen MR) is 82.4 cm³/mol. The molecule has 1 heterocycles. The van der Waals surface area contributed by atoms with Crippen LogP contribution >= 0.6 is 11.8 Å². The van der Waals surface area contributed by atoms with E-state index in [1.165, 1.54) is 11.8 Å². The lowest BCUT2D eigenvalue weighted by molar-refractivity contribution is -0.115. The van der Waals surface area contributed by atoms with Gasteiger partial charge < -0.3 is 10.1 Å². The van der Waals surface area contributed by atoms with Gasteiger partial charge in [0.2, 0.25) is 11.8 Å². The van der Waals surface area contributed by atoms with Gasteiger partial charge in [0.25, 0.3) is 0 Å². The number of amides is 1. The highest BCUT2D eigenvalue weighted by molar-refractivity contribution is 7.99. The van der Waals surface area contributed by atoms with Crippen LogP contribution in [0.15, 0.2) is 48.7 Å². The van der Waals surface area contributed by atoms with E-state index in [0.29, 0.717) is 17.3 Å². The molecule has 0 saturated heterocycles. The Morgan fingerprint density at radius 3 is 2.70 bits per heavy atom. The van der Waals surface area contributed by atoms with Gasteiger partial charge in [0, 0.05) is 6.20 Å². The summed E-state index contributed by atoms with van der Waals surface area (Å²) in [6.07, 6.45) is 3.53. The smallest absolute Gasteiger partial charge is 0.243 e. The van der Waals surface area contributed by atoms with Crippen LogP contribution in [-0.4, -0.2) is 22.4 Å². The minimum Gasteiger partial charge on any atom is -0.437 e. The number of carbonyl (C=O) groups is 1. The summed E-state index contributed by atoms with van der Waals surface area (Å²) in [5.41, 5.74) is 0.572. The van der Waals surface area contributed by atoms with Crippen molar-refractivity contribution in [1.82, 2.24) is 4.98 Å². The maximum absolute atomic E-state index is 11.9. The molecule has 0 saturated carbocycles. The standard InChI is InChI=1S/C15H16N2O2S/c1-11(20-2)14(18)17-13-9-6-10-16-15(13)19-12-7-4-3-5-8-12/h3-11H,1-2H3,(H,17,18)/t11-/m1/s1. The quantitative estimate of drug-likeness (QED) is 0.914. The van der Waals surface area contributed by atoms with Crippen LogP contribution < -0.4 is 10.1 Å². The summed E-state index contributed by atoms with van der Waals surface area (Å²) in [6.45, 7) is 1.86. The van der Waals surface area contributed by atoms with E-state index in [0.717, 1.165) is 0 Å². The van der Waals surface area contributed by atoms with Crippen molar-refractivity contribution in [2.24, 2.45) is 0 Å². The summed E-state index contributed by atoms with van der Waals surface area (Å²) in [4.78, 5) is 16.1. The number of nitrogens with zero attached hydrogens (tertiary/aromatic N) is 1. The number of rotatable bonds is 5. The van der Waals surface area contributed by atoms with Crippen molar-refractivity contribution in [2.75, 3.05) is 11.6 Å². The normalized spacial score (nSPS) is 11.7. The van der Waals surface area contributed by atoms with E-state index in [1.54, 1.807) is 18.3 Å². The fourth-order valence-electron chi connectivity index (χ4n) is 1.51. The summed E-state index contributed by atoms with van der Waals surface area (Å²) in [7, 11) is 0. The monoisotopic (exact) mass is 288 g/mol. The van der Waals surface area contributed by atoms with E-state index < -0.39 is 0 Å². The van der Waals surface area contributed by atoms with Crippen LogP contribution in [0.3, 0.4) is 0 Å². The Kier molecular flexibility index (Phi) is 5.01. The minimum absolute atomic E-state index is 0.0663. The number of hydrogen-bond donors (Lipinski definition) is 1. The number of benzene rings is 1. The van der Waals surface area contributed by atoms with Crippen LogP contribution in [0.4, 0.5) is 5.69 Å². The number of thioether (sulfide) groups is 1. The highest BCUT2D eigenvalue weighted by Crippen LogP contribution is 2.27. The predicted octanol–water partition coefficient (Wildman–Crippen LogP) is 3.56. The third-order valence-corrected chi connectivity index (χ3v) is 3.63. The Morgan fingerprint density at radius 2 is 2.00 bits per heavy atom.